The number of nitrogens with one attached hydrogen (secondary N) is 2. The minimum absolute atomic E-state index is 0.0807. The summed E-state index contributed by atoms with van der Waals surface area (Å²) >= 11 is 0. The topological polar surface area (TPSA) is 101 Å². The minimum Gasteiger partial charge on any atom is -0.495 e. The predicted octanol–water partition coefficient (Wildman–Crippen LogP) is 4.71. The molecule has 172 valence electrons. The van der Waals surface area contributed by atoms with E-state index in [1.807, 2.05) is 60.7 Å². The summed E-state index contributed by atoms with van der Waals surface area (Å²) in [6, 6.07) is 22.4. The number of alkyl carbamates (subject to hydrolysis) is 1. The Kier molecular flexibility index (Phi) is 5.67. The lowest BCUT2D eigenvalue weighted by Gasteiger charge is -2.17. The highest BCUT2D eigenvalue weighted by molar-refractivity contribution is 5.87. The first-order chi connectivity index (χ1) is 16.5. The molecule has 1 unspecified atom stereocenters. The van der Waals surface area contributed by atoms with Gasteiger partial charge in [-0.3, -0.25) is 0 Å². The normalized spacial score (nSPS) is 13.2. The quantitative estimate of drug-likeness (QED) is 0.374. The van der Waals surface area contributed by atoms with Crippen LogP contribution in [0.15, 0.2) is 72.8 Å². The molecular formula is C27H24N2O5. The lowest BCUT2D eigenvalue weighted by Crippen LogP contribution is -2.43. The molecule has 4 aromatic rings. The Balaban J connectivity index is 1.27. The van der Waals surface area contributed by atoms with Crippen molar-refractivity contribution in [3.05, 3.63) is 89.6 Å². The lowest BCUT2D eigenvalue weighted by atomic mass is 9.98. The van der Waals surface area contributed by atoms with Gasteiger partial charge in [-0.05, 0) is 34.4 Å². The van der Waals surface area contributed by atoms with Gasteiger partial charge < -0.3 is 24.9 Å². The standard InChI is InChI=1S/C27H24N2O5/c1-33-24-12-6-7-16-13-17(28-25(16)24)14-23(26(30)31)29-27(32)34-15-22-20-10-4-2-8-18(20)19-9-3-5-11-21(19)22/h2-13,22-23,28H,14-15H2,1H3,(H,29,32)(H,30,31). The van der Waals surface area contributed by atoms with Gasteiger partial charge in [0.05, 0.1) is 12.6 Å². The minimum atomic E-state index is -1.14. The van der Waals surface area contributed by atoms with E-state index in [0.29, 0.717) is 11.4 Å². The van der Waals surface area contributed by atoms with Gasteiger partial charge in [0.1, 0.15) is 18.4 Å². The van der Waals surface area contributed by atoms with E-state index in [2.05, 4.69) is 22.4 Å². The summed E-state index contributed by atoms with van der Waals surface area (Å²) in [6.45, 7) is 0.121. The first kappa shape index (κ1) is 21.6. The molecule has 1 heterocycles. The molecule has 0 radical (unpaired) electrons. The summed E-state index contributed by atoms with van der Waals surface area (Å²) in [4.78, 5) is 27.6. The third kappa shape index (κ3) is 3.96. The van der Waals surface area contributed by atoms with E-state index in [1.54, 1.807) is 7.11 Å². The van der Waals surface area contributed by atoms with Crippen LogP contribution in [0.25, 0.3) is 22.0 Å². The molecule has 7 nitrogen and oxygen atoms in total. The van der Waals surface area contributed by atoms with E-state index in [1.165, 1.54) is 0 Å². The van der Waals surface area contributed by atoms with E-state index < -0.39 is 18.1 Å². The van der Waals surface area contributed by atoms with Crippen LogP contribution < -0.4 is 10.1 Å². The Morgan fingerprint density at radius 2 is 1.68 bits per heavy atom. The van der Waals surface area contributed by atoms with E-state index >= 15 is 0 Å². The van der Waals surface area contributed by atoms with Crippen molar-refractivity contribution in [3.8, 4) is 16.9 Å². The number of carbonyl (C=O) groups excluding carboxylic acids is 1. The van der Waals surface area contributed by atoms with Gasteiger partial charge in [-0.2, -0.15) is 0 Å². The smallest absolute Gasteiger partial charge is 0.407 e. The Morgan fingerprint density at radius 1 is 1.00 bits per heavy atom. The molecule has 0 fully saturated rings. The number of fused-ring (bicyclic) bond motifs is 4. The molecule has 7 heteroatoms. The number of ether oxygens (including phenoxy) is 2. The number of carbonyl (C=O) groups is 2. The lowest BCUT2D eigenvalue weighted by molar-refractivity contribution is -0.139. The molecule has 1 aliphatic carbocycles. The van der Waals surface area contributed by atoms with E-state index in [0.717, 1.165) is 33.2 Å². The monoisotopic (exact) mass is 456 g/mol. The molecule has 1 atom stereocenters. The van der Waals surface area contributed by atoms with E-state index in [9.17, 15) is 14.7 Å². The maximum atomic E-state index is 12.6. The van der Waals surface area contributed by atoms with Gasteiger partial charge in [0.2, 0.25) is 0 Å². The van der Waals surface area contributed by atoms with Gasteiger partial charge >= 0.3 is 12.1 Å². The van der Waals surface area contributed by atoms with Gasteiger partial charge in [-0.15, -0.1) is 0 Å². The van der Waals surface area contributed by atoms with Crippen LogP contribution in [0.3, 0.4) is 0 Å². The van der Waals surface area contributed by atoms with Crippen LogP contribution in [0, 0.1) is 0 Å². The van der Waals surface area contributed by atoms with Crippen LogP contribution in [0.4, 0.5) is 4.79 Å². The summed E-state index contributed by atoms with van der Waals surface area (Å²) in [7, 11) is 1.58. The number of aromatic nitrogens is 1. The molecule has 0 spiro atoms. The number of carboxylic acid groups (broad SMARTS) is 1. The van der Waals surface area contributed by atoms with Crippen molar-refractivity contribution in [2.75, 3.05) is 13.7 Å². The van der Waals surface area contributed by atoms with Gasteiger partial charge in [0.15, 0.2) is 0 Å². The van der Waals surface area contributed by atoms with Crippen molar-refractivity contribution in [3.63, 3.8) is 0 Å². The highest BCUT2D eigenvalue weighted by Gasteiger charge is 2.30. The van der Waals surface area contributed by atoms with Gasteiger partial charge in [-0.1, -0.05) is 60.7 Å². The Morgan fingerprint density at radius 3 is 2.32 bits per heavy atom. The van der Waals surface area contributed by atoms with E-state index in [-0.39, 0.29) is 18.9 Å². The van der Waals surface area contributed by atoms with Crippen LogP contribution in [-0.2, 0) is 16.0 Å². The van der Waals surface area contributed by atoms with Crippen molar-refractivity contribution in [2.24, 2.45) is 0 Å². The Hall–Kier alpha value is -4.26. The molecule has 0 saturated carbocycles. The summed E-state index contributed by atoms with van der Waals surface area (Å²) in [6.07, 6.45) is -0.680. The average Bonchev–Trinajstić information content (AvgIpc) is 3.40. The highest BCUT2D eigenvalue weighted by atomic mass is 16.5. The number of amides is 1. The van der Waals surface area contributed by atoms with E-state index in [4.69, 9.17) is 9.47 Å². The molecule has 0 saturated heterocycles. The van der Waals surface area contributed by atoms with Crippen molar-refractivity contribution in [1.29, 1.82) is 0 Å². The van der Waals surface area contributed by atoms with Crippen LogP contribution in [0.5, 0.6) is 5.75 Å². The fourth-order valence-corrected chi connectivity index (χ4v) is 4.67. The predicted molar refractivity (Wildman–Crippen MR) is 128 cm³/mol. The third-order valence-corrected chi connectivity index (χ3v) is 6.25. The fraction of sp³-hybridized carbons (Fsp3) is 0.185. The maximum Gasteiger partial charge on any atom is 0.407 e. The zero-order valence-corrected chi connectivity index (χ0v) is 18.6. The van der Waals surface area contributed by atoms with Crippen LogP contribution in [0.1, 0.15) is 22.7 Å². The van der Waals surface area contributed by atoms with Gasteiger partial charge in [0, 0.05) is 23.4 Å². The molecule has 0 aliphatic heterocycles. The molecule has 1 amide bonds. The molecule has 34 heavy (non-hydrogen) atoms. The zero-order valence-electron chi connectivity index (χ0n) is 18.6. The van der Waals surface area contributed by atoms with Crippen LogP contribution in [0.2, 0.25) is 0 Å². The third-order valence-electron chi connectivity index (χ3n) is 6.25. The number of H-pyrrole nitrogens is 1. The number of methoxy groups -OCH3 is 1. The number of hydrogen-bond donors (Lipinski definition) is 3. The zero-order chi connectivity index (χ0) is 23.7. The van der Waals surface area contributed by atoms with Crippen LogP contribution >= 0.6 is 0 Å². The summed E-state index contributed by atoms with van der Waals surface area (Å²) < 4.78 is 10.9. The van der Waals surface area contributed by atoms with Crippen LogP contribution in [-0.4, -0.2) is 41.9 Å². The van der Waals surface area contributed by atoms with Crippen molar-refractivity contribution in [2.45, 2.75) is 18.4 Å². The Bertz CT molecular complexity index is 1330. The second-order valence-electron chi connectivity index (χ2n) is 8.28. The second kappa shape index (κ2) is 8.94. The first-order valence-corrected chi connectivity index (χ1v) is 11.0. The molecule has 3 N–H and O–H groups in total. The first-order valence-electron chi connectivity index (χ1n) is 11.0. The molecule has 1 aliphatic rings. The number of carboxylic acids is 1. The second-order valence-corrected chi connectivity index (χ2v) is 8.28. The Labute approximate surface area is 196 Å². The number of benzene rings is 3. The number of rotatable bonds is 7. The van der Waals surface area contributed by atoms with Gasteiger partial charge in [0.25, 0.3) is 0 Å². The van der Waals surface area contributed by atoms with Crippen molar-refractivity contribution >= 4 is 23.0 Å². The highest BCUT2D eigenvalue weighted by Crippen LogP contribution is 2.44. The fourth-order valence-electron chi connectivity index (χ4n) is 4.67. The number of para-hydroxylation sites is 1. The van der Waals surface area contributed by atoms with Crippen molar-refractivity contribution in [1.82, 2.24) is 10.3 Å². The number of hydrogen-bond acceptors (Lipinski definition) is 4. The number of aromatic amines is 1. The SMILES string of the molecule is COc1cccc2cc(CC(NC(=O)OCC3c4ccccc4-c4ccccc43)C(=O)O)[nH]c12. The summed E-state index contributed by atoms with van der Waals surface area (Å²) in [5, 5.41) is 13.1. The average molecular weight is 456 g/mol. The summed E-state index contributed by atoms with van der Waals surface area (Å²) in [5.74, 6) is -0.568. The summed E-state index contributed by atoms with van der Waals surface area (Å²) in [5.41, 5.74) is 5.90. The number of aliphatic carboxylic acids is 1. The molecular weight excluding hydrogens is 432 g/mol. The maximum absolute atomic E-state index is 12.6. The molecule has 5 rings (SSSR count). The van der Waals surface area contributed by atoms with Crippen molar-refractivity contribution < 1.29 is 24.2 Å². The molecule has 1 aromatic heterocycles. The largest absolute Gasteiger partial charge is 0.495 e. The molecule has 0 bridgehead atoms. The van der Waals surface area contributed by atoms with Gasteiger partial charge in [-0.25, -0.2) is 9.59 Å². The molecule has 3 aromatic carbocycles.